The third-order valence-corrected chi connectivity index (χ3v) is 3.67. The van der Waals surface area contributed by atoms with Crippen LogP contribution in [-0.4, -0.2) is 0 Å². The first-order valence-electron chi connectivity index (χ1n) is 3.31. The van der Waals surface area contributed by atoms with Crippen molar-refractivity contribution >= 4 is 43.0 Å². The van der Waals surface area contributed by atoms with Gasteiger partial charge < -0.3 is 5.73 Å². The maximum atomic E-state index is 12.9. The van der Waals surface area contributed by atoms with Crippen LogP contribution in [0.25, 0.3) is 10.1 Å². The molecule has 0 bridgehead atoms. The summed E-state index contributed by atoms with van der Waals surface area (Å²) in [4.78, 5) is 0. The van der Waals surface area contributed by atoms with Gasteiger partial charge in [0.2, 0.25) is 0 Å². The van der Waals surface area contributed by atoms with Gasteiger partial charge in [-0.15, -0.1) is 11.3 Å². The zero-order chi connectivity index (χ0) is 8.72. The van der Waals surface area contributed by atoms with Gasteiger partial charge >= 0.3 is 0 Å². The van der Waals surface area contributed by atoms with Crippen LogP contribution in [0.3, 0.4) is 0 Å². The fourth-order valence-corrected chi connectivity index (χ4v) is 2.68. The Morgan fingerprint density at radius 1 is 1.42 bits per heavy atom. The highest BCUT2D eigenvalue weighted by atomic mass is 79.9. The lowest BCUT2D eigenvalue weighted by Crippen LogP contribution is -1.89. The van der Waals surface area contributed by atoms with Crippen molar-refractivity contribution < 1.29 is 4.39 Å². The minimum Gasteiger partial charge on any atom is -0.395 e. The van der Waals surface area contributed by atoms with Gasteiger partial charge in [0.15, 0.2) is 0 Å². The number of hydrogen-bond donors (Lipinski definition) is 1. The van der Waals surface area contributed by atoms with Crippen LogP contribution in [0.2, 0.25) is 0 Å². The average Bonchev–Trinajstić information content (AvgIpc) is 2.41. The smallest absolute Gasteiger partial charge is 0.147 e. The summed E-state index contributed by atoms with van der Waals surface area (Å²) >= 11 is 4.80. The minimum atomic E-state index is -0.350. The number of thiophene rings is 1. The van der Waals surface area contributed by atoms with Crippen LogP contribution in [0.1, 0.15) is 0 Å². The molecule has 62 valence electrons. The fourth-order valence-electron chi connectivity index (χ4n) is 1.06. The molecule has 1 nitrogen and oxygen atoms in total. The van der Waals surface area contributed by atoms with Crippen LogP contribution in [-0.2, 0) is 0 Å². The van der Waals surface area contributed by atoms with E-state index in [-0.39, 0.29) is 11.5 Å². The molecule has 12 heavy (non-hydrogen) atoms. The van der Waals surface area contributed by atoms with Crippen LogP contribution < -0.4 is 5.73 Å². The Morgan fingerprint density at radius 2 is 2.17 bits per heavy atom. The summed E-state index contributed by atoms with van der Waals surface area (Å²) in [5.41, 5.74) is 5.79. The molecule has 2 N–H and O–H groups in total. The molecule has 0 spiro atoms. The largest absolute Gasteiger partial charge is 0.395 e. The molecule has 1 heterocycles. The molecule has 1 aromatic heterocycles. The number of anilines is 1. The van der Waals surface area contributed by atoms with Gasteiger partial charge in [0.25, 0.3) is 0 Å². The van der Waals surface area contributed by atoms with E-state index in [4.69, 9.17) is 5.73 Å². The summed E-state index contributed by atoms with van der Waals surface area (Å²) in [7, 11) is 0. The molecular weight excluding hydrogens is 241 g/mol. The Balaban J connectivity index is 2.93. The molecular formula is C8H5BrFNS. The van der Waals surface area contributed by atoms with Gasteiger partial charge in [0.05, 0.1) is 10.4 Å². The number of nitrogens with two attached hydrogens (primary N) is 1. The van der Waals surface area contributed by atoms with Crippen molar-refractivity contribution in [2.24, 2.45) is 0 Å². The lowest BCUT2D eigenvalue weighted by molar-refractivity contribution is 0.634. The van der Waals surface area contributed by atoms with Gasteiger partial charge in [-0.3, -0.25) is 0 Å². The predicted molar refractivity (Wildman–Crippen MR) is 53.9 cm³/mol. The molecule has 4 heteroatoms. The van der Waals surface area contributed by atoms with Crippen LogP contribution in [0.15, 0.2) is 22.0 Å². The number of nitrogen functional groups attached to an aromatic ring is 1. The third-order valence-electron chi connectivity index (χ3n) is 1.68. The summed E-state index contributed by atoms with van der Waals surface area (Å²) in [6.45, 7) is 0. The normalized spacial score (nSPS) is 10.8. The van der Waals surface area contributed by atoms with Crippen molar-refractivity contribution in [3.8, 4) is 0 Å². The molecule has 2 rings (SSSR count). The molecule has 0 atom stereocenters. The van der Waals surface area contributed by atoms with Gasteiger partial charge in [-0.2, -0.15) is 0 Å². The number of benzene rings is 1. The topological polar surface area (TPSA) is 26.0 Å². The Bertz CT molecular complexity index is 438. The fraction of sp³-hybridized carbons (Fsp3) is 0. The van der Waals surface area contributed by atoms with Crippen LogP contribution in [0, 0.1) is 5.82 Å². The lowest BCUT2D eigenvalue weighted by Gasteiger charge is -1.96. The van der Waals surface area contributed by atoms with E-state index >= 15 is 0 Å². The van der Waals surface area contributed by atoms with Crippen LogP contribution >= 0.6 is 27.3 Å². The SMILES string of the molecule is Nc1c(F)ccc2c(Br)csc12. The number of halogens is 2. The maximum absolute atomic E-state index is 12.9. The second-order valence-corrected chi connectivity index (χ2v) is 4.16. The van der Waals surface area contributed by atoms with E-state index in [0.29, 0.717) is 0 Å². The Morgan fingerprint density at radius 3 is 2.92 bits per heavy atom. The number of fused-ring (bicyclic) bond motifs is 1. The van der Waals surface area contributed by atoms with E-state index < -0.39 is 0 Å². The van der Waals surface area contributed by atoms with Crippen molar-refractivity contribution in [1.82, 2.24) is 0 Å². The van der Waals surface area contributed by atoms with Gasteiger partial charge in [0.1, 0.15) is 5.82 Å². The molecule has 0 fully saturated rings. The first kappa shape index (κ1) is 8.01. The number of hydrogen-bond acceptors (Lipinski definition) is 2. The molecule has 0 saturated heterocycles. The molecule has 0 saturated carbocycles. The summed E-state index contributed by atoms with van der Waals surface area (Å²) in [6.07, 6.45) is 0. The summed E-state index contributed by atoms with van der Waals surface area (Å²) in [5.74, 6) is -0.350. The van der Waals surface area contributed by atoms with Crippen LogP contribution in [0.4, 0.5) is 10.1 Å². The highest BCUT2D eigenvalue weighted by Gasteiger charge is 2.07. The summed E-state index contributed by atoms with van der Waals surface area (Å²) in [6, 6.07) is 3.11. The highest BCUT2D eigenvalue weighted by molar-refractivity contribution is 9.10. The third kappa shape index (κ3) is 1.03. The summed E-state index contributed by atoms with van der Waals surface area (Å²) < 4.78 is 14.7. The second kappa shape index (κ2) is 2.71. The molecule has 0 aliphatic carbocycles. The van der Waals surface area contributed by atoms with E-state index in [1.165, 1.54) is 17.4 Å². The molecule has 1 aromatic carbocycles. The Hall–Kier alpha value is -0.610. The van der Waals surface area contributed by atoms with Gasteiger partial charge in [-0.05, 0) is 28.1 Å². The monoisotopic (exact) mass is 245 g/mol. The lowest BCUT2D eigenvalue weighted by atomic mass is 10.2. The molecule has 0 aliphatic heterocycles. The highest BCUT2D eigenvalue weighted by Crippen LogP contribution is 2.34. The Kier molecular flexibility index (Phi) is 1.81. The van der Waals surface area contributed by atoms with Crippen molar-refractivity contribution in [2.45, 2.75) is 0 Å². The van der Waals surface area contributed by atoms with E-state index in [2.05, 4.69) is 15.9 Å². The first-order chi connectivity index (χ1) is 5.70. The van der Waals surface area contributed by atoms with E-state index in [0.717, 1.165) is 14.6 Å². The standard InChI is InChI=1S/C8H5BrFNS/c9-5-3-12-8-4(5)1-2-6(10)7(8)11/h1-3H,11H2. The maximum Gasteiger partial charge on any atom is 0.147 e. The van der Waals surface area contributed by atoms with E-state index in [1.807, 2.05) is 5.38 Å². The molecule has 2 aromatic rings. The second-order valence-electron chi connectivity index (χ2n) is 2.42. The zero-order valence-electron chi connectivity index (χ0n) is 5.97. The van der Waals surface area contributed by atoms with Crippen molar-refractivity contribution in [3.05, 3.63) is 27.8 Å². The van der Waals surface area contributed by atoms with Crippen molar-refractivity contribution in [1.29, 1.82) is 0 Å². The van der Waals surface area contributed by atoms with E-state index in [1.54, 1.807) is 6.07 Å². The van der Waals surface area contributed by atoms with Gasteiger partial charge in [-0.25, -0.2) is 4.39 Å². The summed E-state index contributed by atoms with van der Waals surface area (Å²) in [5, 5.41) is 2.87. The van der Waals surface area contributed by atoms with Crippen molar-refractivity contribution in [2.75, 3.05) is 5.73 Å². The zero-order valence-corrected chi connectivity index (χ0v) is 8.38. The average molecular weight is 246 g/mol. The predicted octanol–water partition coefficient (Wildman–Crippen LogP) is 3.39. The quantitative estimate of drug-likeness (QED) is 0.708. The van der Waals surface area contributed by atoms with Gasteiger partial charge in [-0.1, -0.05) is 0 Å². The first-order valence-corrected chi connectivity index (χ1v) is 4.98. The minimum absolute atomic E-state index is 0.239. The van der Waals surface area contributed by atoms with Gasteiger partial charge in [0, 0.05) is 15.2 Å². The molecule has 0 radical (unpaired) electrons. The van der Waals surface area contributed by atoms with E-state index in [9.17, 15) is 4.39 Å². The molecule has 0 aliphatic rings. The van der Waals surface area contributed by atoms with Crippen LogP contribution in [0.5, 0.6) is 0 Å². The molecule has 0 unspecified atom stereocenters. The Labute approximate surface area is 81.1 Å². The number of rotatable bonds is 0. The molecule has 0 amide bonds. The van der Waals surface area contributed by atoms with Crippen molar-refractivity contribution in [3.63, 3.8) is 0 Å².